The third kappa shape index (κ3) is 6.37. The molecule has 1 atom stereocenters. The normalized spacial score (nSPS) is 11.7. The highest BCUT2D eigenvalue weighted by atomic mass is 16.5. The first kappa shape index (κ1) is 16.6. The number of ketones is 1. The number of ether oxygens (including phenoxy) is 2. The highest BCUT2D eigenvalue weighted by Crippen LogP contribution is 2.13. The summed E-state index contributed by atoms with van der Waals surface area (Å²) in [5.41, 5.74) is 0. The second-order valence-electron chi connectivity index (χ2n) is 3.88. The van der Waals surface area contributed by atoms with E-state index in [-0.39, 0.29) is 25.4 Å². The van der Waals surface area contributed by atoms with Crippen molar-refractivity contribution in [1.82, 2.24) is 0 Å². The van der Waals surface area contributed by atoms with Gasteiger partial charge < -0.3 is 9.47 Å². The fourth-order valence-electron chi connectivity index (χ4n) is 1.48. The van der Waals surface area contributed by atoms with Crippen LogP contribution >= 0.6 is 0 Å². The van der Waals surface area contributed by atoms with Crippen LogP contribution in [0.1, 0.15) is 46.5 Å². The van der Waals surface area contributed by atoms with Crippen molar-refractivity contribution in [3.8, 4) is 0 Å². The quantitative estimate of drug-likeness (QED) is 0.466. The molecule has 0 radical (unpaired) electrons. The number of hydrogen-bond donors (Lipinski definition) is 0. The van der Waals surface area contributed by atoms with Crippen molar-refractivity contribution in [2.75, 3.05) is 13.2 Å². The molecular formula is C13H22O5. The topological polar surface area (TPSA) is 69.7 Å². The average Bonchev–Trinajstić information content (AvgIpc) is 2.33. The Morgan fingerprint density at radius 3 is 2.11 bits per heavy atom. The summed E-state index contributed by atoms with van der Waals surface area (Å²) in [6, 6.07) is 0. The molecule has 0 saturated heterocycles. The first-order valence-corrected chi connectivity index (χ1v) is 6.41. The van der Waals surface area contributed by atoms with Crippen molar-refractivity contribution in [3.05, 3.63) is 0 Å². The Bertz CT molecular complexity index is 285. The molecule has 0 aromatic carbocycles. The van der Waals surface area contributed by atoms with Crippen LogP contribution in [-0.2, 0) is 23.9 Å². The molecule has 0 spiro atoms. The minimum Gasteiger partial charge on any atom is -0.466 e. The van der Waals surface area contributed by atoms with Gasteiger partial charge in [0.05, 0.1) is 19.6 Å². The lowest BCUT2D eigenvalue weighted by Crippen LogP contribution is -2.29. The number of carbonyl (C=O) groups excluding carboxylic acids is 3. The predicted molar refractivity (Wildman–Crippen MR) is 65.9 cm³/mol. The van der Waals surface area contributed by atoms with Gasteiger partial charge in [-0.3, -0.25) is 14.4 Å². The summed E-state index contributed by atoms with van der Waals surface area (Å²) in [7, 11) is 0. The monoisotopic (exact) mass is 258 g/mol. The second kappa shape index (κ2) is 9.62. The third-order valence-electron chi connectivity index (χ3n) is 2.41. The van der Waals surface area contributed by atoms with E-state index < -0.39 is 17.9 Å². The van der Waals surface area contributed by atoms with Gasteiger partial charge in [0.15, 0.2) is 0 Å². The van der Waals surface area contributed by atoms with Crippen LogP contribution in [0.5, 0.6) is 0 Å². The van der Waals surface area contributed by atoms with Crippen LogP contribution in [-0.4, -0.2) is 30.9 Å². The predicted octanol–water partition coefficient (Wildman–Crippen LogP) is 1.88. The summed E-state index contributed by atoms with van der Waals surface area (Å²) in [6.45, 7) is 5.72. The van der Waals surface area contributed by atoms with Crippen LogP contribution in [0.15, 0.2) is 0 Å². The lowest BCUT2D eigenvalue weighted by Gasteiger charge is -2.13. The van der Waals surface area contributed by atoms with Gasteiger partial charge in [-0.2, -0.15) is 0 Å². The Morgan fingerprint density at radius 1 is 1.00 bits per heavy atom. The summed E-state index contributed by atoms with van der Waals surface area (Å²) in [5, 5.41) is 0. The van der Waals surface area contributed by atoms with E-state index in [9.17, 15) is 14.4 Å². The van der Waals surface area contributed by atoms with Gasteiger partial charge in [-0.05, 0) is 20.3 Å². The fraction of sp³-hybridized carbons (Fsp3) is 0.769. The molecular weight excluding hydrogens is 236 g/mol. The Hall–Kier alpha value is -1.39. The van der Waals surface area contributed by atoms with E-state index in [4.69, 9.17) is 9.47 Å². The number of rotatable bonds is 9. The zero-order valence-electron chi connectivity index (χ0n) is 11.4. The summed E-state index contributed by atoms with van der Waals surface area (Å²) in [4.78, 5) is 34.8. The standard InChI is InChI=1S/C13H22O5/c1-4-7-8-11(14)10(13(16)18-6-3)9-12(15)17-5-2/h10H,4-9H2,1-3H3. The van der Waals surface area contributed by atoms with Gasteiger partial charge in [-0.1, -0.05) is 13.3 Å². The van der Waals surface area contributed by atoms with Gasteiger partial charge in [0.1, 0.15) is 11.7 Å². The molecule has 5 heteroatoms. The summed E-state index contributed by atoms with van der Waals surface area (Å²) in [5.74, 6) is -2.44. The number of hydrogen-bond acceptors (Lipinski definition) is 5. The molecule has 5 nitrogen and oxygen atoms in total. The molecule has 0 rings (SSSR count). The van der Waals surface area contributed by atoms with E-state index in [0.29, 0.717) is 12.8 Å². The van der Waals surface area contributed by atoms with Crippen molar-refractivity contribution in [1.29, 1.82) is 0 Å². The molecule has 0 N–H and O–H groups in total. The van der Waals surface area contributed by atoms with Gasteiger partial charge in [-0.25, -0.2) is 0 Å². The smallest absolute Gasteiger partial charge is 0.317 e. The Morgan fingerprint density at radius 2 is 1.61 bits per heavy atom. The van der Waals surface area contributed by atoms with Crippen molar-refractivity contribution >= 4 is 17.7 Å². The minimum absolute atomic E-state index is 0.194. The lowest BCUT2D eigenvalue weighted by molar-refractivity contribution is -0.158. The van der Waals surface area contributed by atoms with Gasteiger partial charge >= 0.3 is 11.9 Å². The van der Waals surface area contributed by atoms with Crippen LogP contribution in [0.3, 0.4) is 0 Å². The van der Waals surface area contributed by atoms with E-state index in [1.165, 1.54) is 0 Å². The molecule has 0 aliphatic heterocycles. The third-order valence-corrected chi connectivity index (χ3v) is 2.41. The largest absolute Gasteiger partial charge is 0.466 e. The highest BCUT2D eigenvalue weighted by molar-refractivity contribution is 6.01. The van der Waals surface area contributed by atoms with Crippen molar-refractivity contribution in [3.63, 3.8) is 0 Å². The van der Waals surface area contributed by atoms with Gasteiger partial charge in [-0.15, -0.1) is 0 Å². The first-order valence-electron chi connectivity index (χ1n) is 6.41. The van der Waals surface area contributed by atoms with E-state index in [1.54, 1.807) is 13.8 Å². The minimum atomic E-state index is -1.02. The van der Waals surface area contributed by atoms with E-state index in [1.807, 2.05) is 6.92 Å². The fourth-order valence-corrected chi connectivity index (χ4v) is 1.48. The number of esters is 2. The van der Waals surface area contributed by atoms with Crippen LogP contribution in [0.25, 0.3) is 0 Å². The molecule has 0 aromatic heterocycles. The average molecular weight is 258 g/mol. The molecule has 0 fully saturated rings. The summed E-state index contributed by atoms with van der Waals surface area (Å²) >= 11 is 0. The highest BCUT2D eigenvalue weighted by Gasteiger charge is 2.30. The van der Waals surface area contributed by atoms with Crippen LogP contribution in [0, 0.1) is 5.92 Å². The summed E-state index contributed by atoms with van der Waals surface area (Å²) < 4.78 is 9.57. The van der Waals surface area contributed by atoms with Gasteiger partial charge in [0.25, 0.3) is 0 Å². The van der Waals surface area contributed by atoms with Gasteiger partial charge in [0, 0.05) is 6.42 Å². The summed E-state index contributed by atoms with van der Waals surface area (Å²) in [6.07, 6.45) is 1.63. The molecule has 0 bridgehead atoms. The molecule has 1 unspecified atom stereocenters. The number of carbonyl (C=O) groups is 3. The molecule has 0 aliphatic rings. The maximum absolute atomic E-state index is 11.8. The van der Waals surface area contributed by atoms with Crippen LogP contribution < -0.4 is 0 Å². The molecule has 0 amide bonds. The zero-order chi connectivity index (χ0) is 14.0. The molecule has 0 heterocycles. The maximum atomic E-state index is 11.8. The lowest BCUT2D eigenvalue weighted by atomic mass is 9.96. The molecule has 0 aromatic rings. The number of unbranched alkanes of at least 4 members (excludes halogenated alkanes) is 1. The molecule has 0 aliphatic carbocycles. The number of Topliss-reactive ketones (excluding diaryl/α,β-unsaturated/α-hetero) is 1. The van der Waals surface area contributed by atoms with Crippen LogP contribution in [0.4, 0.5) is 0 Å². The van der Waals surface area contributed by atoms with Crippen LogP contribution in [0.2, 0.25) is 0 Å². The zero-order valence-corrected chi connectivity index (χ0v) is 11.4. The van der Waals surface area contributed by atoms with E-state index in [2.05, 4.69) is 0 Å². The molecule has 0 saturated carbocycles. The maximum Gasteiger partial charge on any atom is 0.317 e. The first-order chi connectivity index (χ1) is 8.56. The van der Waals surface area contributed by atoms with Gasteiger partial charge in [0.2, 0.25) is 0 Å². The Balaban J connectivity index is 4.55. The molecule has 104 valence electrons. The Labute approximate surface area is 108 Å². The Kier molecular flexibility index (Phi) is 8.88. The van der Waals surface area contributed by atoms with Crippen molar-refractivity contribution in [2.24, 2.45) is 5.92 Å². The second-order valence-corrected chi connectivity index (χ2v) is 3.88. The molecule has 18 heavy (non-hydrogen) atoms. The SMILES string of the molecule is CCCCC(=O)C(CC(=O)OCC)C(=O)OCC. The van der Waals surface area contributed by atoms with E-state index >= 15 is 0 Å². The van der Waals surface area contributed by atoms with Crippen molar-refractivity contribution in [2.45, 2.75) is 46.5 Å². The van der Waals surface area contributed by atoms with Crippen molar-refractivity contribution < 1.29 is 23.9 Å². The van der Waals surface area contributed by atoms with E-state index in [0.717, 1.165) is 6.42 Å².